The Kier molecular flexibility index (Phi) is 5.91. The van der Waals surface area contributed by atoms with Crippen molar-refractivity contribution in [2.75, 3.05) is 12.0 Å². The van der Waals surface area contributed by atoms with Gasteiger partial charge in [-0.15, -0.1) is 0 Å². The second-order valence-electron chi connectivity index (χ2n) is 7.05. The highest BCUT2D eigenvalue weighted by Crippen LogP contribution is 2.43. The minimum absolute atomic E-state index is 0.133. The maximum absolute atomic E-state index is 13.5. The number of Topliss-reactive ketones (excluding diaryl/α,β-unsaturated/α-hetero) is 1. The molecule has 0 bridgehead atoms. The lowest BCUT2D eigenvalue weighted by Crippen LogP contribution is -2.29. The Morgan fingerprint density at radius 1 is 1.00 bits per heavy atom. The van der Waals surface area contributed by atoms with Crippen molar-refractivity contribution in [1.82, 2.24) is 0 Å². The molecule has 1 aliphatic heterocycles. The largest absolute Gasteiger partial charge is 0.507 e. The first-order valence-electron chi connectivity index (χ1n) is 9.47. The van der Waals surface area contributed by atoms with Gasteiger partial charge in [0.25, 0.3) is 11.7 Å². The van der Waals surface area contributed by atoms with Crippen molar-refractivity contribution in [3.63, 3.8) is 0 Å². The summed E-state index contributed by atoms with van der Waals surface area (Å²) in [5, 5.41) is 11.5. The molecule has 4 rings (SSSR count). The summed E-state index contributed by atoms with van der Waals surface area (Å²) in [6.45, 7) is 0. The number of aliphatic hydroxyl groups is 1. The van der Waals surface area contributed by atoms with Gasteiger partial charge in [-0.3, -0.25) is 14.5 Å². The Bertz CT molecular complexity index is 1260. The van der Waals surface area contributed by atoms with Crippen LogP contribution in [0.5, 0.6) is 5.75 Å². The van der Waals surface area contributed by atoms with E-state index in [4.69, 9.17) is 27.9 Å². The number of carbonyl (C=O) groups is 2. The molecule has 1 amide bonds. The molecule has 3 aromatic rings. The van der Waals surface area contributed by atoms with Crippen molar-refractivity contribution in [3.8, 4) is 5.75 Å². The summed E-state index contributed by atoms with van der Waals surface area (Å²) in [4.78, 5) is 27.4. The van der Waals surface area contributed by atoms with Crippen LogP contribution in [-0.2, 0) is 9.59 Å². The number of amides is 1. The average molecular weight is 472 g/mol. The minimum atomic E-state index is -0.981. The van der Waals surface area contributed by atoms with E-state index in [2.05, 4.69) is 0 Å². The maximum atomic E-state index is 13.5. The quantitative estimate of drug-likeness (QED) is 0.298. The zero-order chi connectivity index (χ0) is 23.0. The van der Waals surface area contributed by atoms with Gasteiger partial charge in [0.05, 0.1) is 28.8 Å². The normalized spacial score (nSPS) is 17.6. The third-order valence-electron chi connectivity index (χ3n) is 5.15. The number of anilines is 1. The van der Waals surface area contributed by atoms with E-state index in [-0.39, 0.29) is 21.2 Å². The van der Waals surface area contributed by atoms with Gasteiger partial charge in [-0.05, 0) is 60.2 Å². The fourth-order valence-electron chi connectivity index (χ4n) is 3.63. The lowest BCUT2D eigenvalue weighted by Gasteiger charge is -2.25. The summed E-state index contributed by atoms with van der Waals surface area (Å²) in [6.07, 6.45) is 0. The first kappa shape index (κ1) is 21.9. The Balaban J connectivity index is 1.96. The number of ketones is 1. The fraction of sp³-hybridized carbons (Fsp3) is 0.0833. The molecule has 1 atom stereocenters. The second kappa shape index (κ2) is 8.65. The van der Waals surface area contributed by atoms with E-state index in [1.807, 2.05) is 0 Å². The van der Waals surface area contributed by atoms with Gasteiger partial charge in [-0.1, -0.05) is 35.3 Å². The van der Waals surface area contributed by atoms with Crippen LogP contribution in [0.3, 0.4) is 0 Å². The van der Waals surface area contributed by atoms with Crippen molar-refractivity contribution in [3.05, 3.63) is 99.3 Å². The third-order valence-corrected chi connectivity index (χ3v) is 5.89. The highest BCUT2D eigenvalue weighted by atomic mass is 35.5. The molecule has 0 radical (unpaired) electrons. The van der Waals surface area contributed by atoms with Crippen LogP contribution in [0.1, 0.15) is 17.2 Å². The van der Waals surface area contributed by atoms with Crippen LogP contribution < -0.4 is 9.64 Å². The molecule has 0 aromatic heterocycles. The molecule has 1 aliphatic rings. The van der Waals surface area contributed by atoms with Gasteiger partial charge in [0.2, 0.25) is 0 Å². The van der Waals surface area contributed by atoms with Crippen LogP contribution in [0.15, 0.2) is 72.3 Å². The molecule has 0 aliphatic carbocycles. The van der Waals surface area contributed by atoms with Gasteiger partial charge in [-0.2, -0.15) is 0 Å². The molecule has 8 heteroatoms. The molecule has 1 heterocycles. The summed E-state index contributed by atoms with van der Waals surface area (Å²) in [7, 11) is 1.49. The van der Waals surface area contributed by atoms with Crippen molar-refractivity contribution < 1.29 is 23.8 Å². The molecule has 5 nitrogen and oxygen atoms in total. The van der Waals surface area contributed by atoms with Crippen LogP contribution in [-0.4, -0.2) is 23.9 Å². The standard InChI is InChI=1S/C24H16Cl2FNO4/c1-32-17-4-2-3-13(11-17)21-20(22(29)14-5-10-18(25)19(26)12-14)23(30)24(31)28(21)16-8-6-15(27)7-9-16/h2-12,21,29H,1H3/b22-20-. The predicted octanol–water partition coefficient (Wildman–Crippen LogP) is 5.77. The van der Waals surface area contributed by atoms with Crippen LogP contribution in [0.2, 0.25) is 10.0 Å². The molecule has 1 unspecified atom stereocenters. The van der Waals surface area contributed by atoms with Crippen molar-refractivity contribution in [1.29, 1.82) is 0 Å². The number of methoxy groups -OCH3 is 1. The van der Waals surface area contributed by atoms with E-state index in [0.29, 0.717) is 17.0 Å². The predicted molar refractivity (Wildman–Crippen MR) is 121 cm³/mol. The Hall–Kier alpha value is -3.35. The number of halogens is 3. The Morgan fingerprint density at radius 2 is 1.72 bits per heavy atom. The third kappa shape index (κ3) is 3.83. The lowest BCUT2D eigenvalue weighted by atomic mass is 9.95. The lowest BCUT2D eigenvalue weighted by molar-refractivity contribution is -0.132. The topological polar surface area (TPSA) is 66.8 Å². The Labute approximate surface area is 193 Å². The molecular weight excluding hydrogens is 456 g/mol. The summed E-state index contributed by atoms with van der Waals surface area (Å²) in [5.41, 5.74) is 0.916. The van der Waals surface area contributed by atoms with E-state index in [1.165, 1.54) is 54.5 Å². The number of nitrogens with zero attached hydrogens (tertiary/aromatic N) is 1. The van der Waals surface area contributed by atoms with E-state index < -0.39 is 29.3 Å². The molecule has 1 N–H and O–H groups in total. The zero-order valence-electron chi connectivity index (χ0n) is 16.7. The fourth-order valence-corrected chi connectivity index (χ4v) is 3.92. The minimum Gasteiger partial charge on any atom is -0.507 e. The van der Waals surface area contributed by atoms with Gasteiger partial charge >= 0.3 is 0 Å². The smallest absolute Gasteiger partial charge is 0.300 e. The van der Waals surface area contributed by atoms with Crippen molar-refractivity contribution in [2.45, 2.75) is 6.04 Å². The molecule has 32 heavy (non-hydrogen) atoms. The summed E-state index contributed by atoms with van der Waals surface area (Å²) in [6, 6.07) is 15.4. The second-order valence-corrected chi connectivity index (χ2v) is 7.87. The first-order valence-corrected chi connectivity index (χ1v) is 10.2. The van der Waals surface area contributed by atoms with Crippen LogP contribution in [0.4, 0.5) is 10.1 Å². The SMILES string of the molecule is COc1cccc(C2/C(=C(/O)c3ccc(Cl)c(Cl)c3)C(=O)C(=O)N2c2ccc(F)cc2)c1. The molecule has 162 valence electrons. The summed E-state index contributed by atoms with van der Waals surface area (Å²) < 4.78 is 18.8. The number of hydrogen-bond donors (Lipinski definition) is 1. The van der Waals surface area contributed by atoms with Gasteiger partial charge in [0.1, 0.15) is 17.3 Å². The zero-order valence-corrected chi connectivity index (χ0v) is 18.2. The van der Waals surface area contributed by atoms with Crippen LogP contribution >= 0.6 is 23.2 Å². The van der Waals surface area contributed by atoms with E-state index in [9.17, 15) is 19.1 Å². The van der Waals surface area contributed by atoms with Gasteiger partial charge in [0, 0.05) is 11.3 Å². The number of rotatable bonds is 4. The molecule has 1 fully saturated rings. The van der Waals surface area contributed by atoms with Crippen LogP contribution in [0, 0.1) is 5.82 Å². The number of hydrogen-bond acceptors (Lipinski definition) is 4. The van der Waals surface area contributed by atoms with Crippen LogP contribution in [0.25, 0.3) is 5.76 Å². The highest BCUT2D eigenvalue weighted by molar-refractivity contribution is 6.51. The Morgan fingerprint density at radius 3 is 2.38 bits per heavy atom. The van der Waals surface area contributed by atoms with Gasteiger partial charge in [0.15, 0.2) is 0 Å². The van der Waals surface area contributed by atoms with Gasteiger partial charge < -0.3 is 9.84 Å². The number of benzene rings is 3. The van der Waals surface area contributed by atoms with Gasteiger partial charge in [-0.25, -0.2) is 4.39 Å². The summed E-state index contributed by atoms with van der Waals surface area (Å²) in [5.74, 6) is -2.13. The average Bonchev–Trinajstić information content (AvgIpc) is 3.06. The first-order chi connectivity index (χ1) is 15.3. The van der Waals surface area contributed by atoms with Crippen molar-refractivity contribution >= 4 is 46.3 Å². The molecule has 0 saturated carbocycles. The van der Waals surface area contributed by atoms with E-state index in [1.54, 1.807) is 24.3 Å². The molecule has 0 spiro atoms. The molecule has 3 aromatic carbocycles. The maximum Gasteiger partial charge on any atom is 0.300 e. The summed E-state index contributed by atoms with van der Waals surface area (Å²) >= 11 is 12.0. The van der Waals surface area contributed by atoms with E-state index in [0.717, 1.165) is 0 Å². The van der Waals surface area contributed by atoms with Crippen molar-refractivity contribution in [2.24, 2.45) is 0 Å². The highest BCUT2D eigenvalue weighted by Gasteiger charge is 2.47. The van der Waals surface area contributed by atoms with E-state index >= 15 is 0 Å². The number of ether oxygens (including phenoxy) is 1. The number of aliphatic hydroxyl groups excluding tert-OH is 1. The molecule has 1 saturated heterocycles. The molecular formula is C24H16Cl2FNO4. The number of carbonyl (C=O) groups excluding carboxylic acids is 2. The monoisotopic (exact) mass is 471 g/mol.